The van der Waals surface area contributed by atoms with Crippen LogP contribution in [0.5, 0.6) is 0 Å². The lowest BCUT2D eigenvalue weighted by molar-refractivity contribution is -0.117. The number of halogens is 2. The maximum absolute atomic E-state index is 12.0. The first-order chi connectivity index (χ1) is 9.06. The van der Waals surface area contributed by atoms with Crippen molar-refractivity contribution < 1.29 is 4.79 Å². The molecule has 1 heterocycles. The largest absolute Gasteiger partial charge is 0.322 e. The molecular weight excluding hydrogens is 285 g/mol. The van der Waals surface area contributed by atoms with Gasteiger partial charge in [-0.1, -0.05) is 36.0 Å². The first-order valence-corrected chi connectivity index (χ1v) is 7.20. The Kier molecular flexibility index (Phi) is 5.02. The monoisotopic (exact) mass is 301 g/mol. The number of hydrogen-bond acceptors (Lipinski definition) is 3. The second-order valence-corrected chi connectivity index (χ2v) is 5.64. The summed E-state index contributed by atoms with van der Waals surface area (Å²) in [6.45, 7) is 1.85. The molecule has 0 bridgehead atoms. The third-order valence-corrected chi connectivity index (χ3v) is 3.83. The molecule has 1 saturated carbocycles. The number of carbonyl (C=O) groups is 1. The second-order valence-electron chi connectivity index (χ2n) is 4.85. The topological polar surface area (TPSA) is 54.0 Å². The molecule has 4 nitrogen and oxygen atoms in total. The van der Waals surface area contributed by atoms with Gasteiger partial charge in [-0.2, -0.15) is 0 Å². The lowest BCUT2D eigenvalue weighted by Gasteiger charge is -2.19. The fourth-order valence-corrected chi connectivity index (χ4v) is 2.68. The smallest absolute Gasteiger partial charge is 0.241 e. The van der Waals surface area contributed by atoms with Crippen LogP contribution in [0.3, 0.4) is 0 Å². The summed E-state index contributed by atoms with van der Waals surface area (Å²) in [6.07, 6.45) is 6.21. The van der Waals surface area contributed by atoms with Crippen molar-refractivity contribution in [3.8, 4) is 0 Å². The summed E-state index contributed by atoms with van der Waals surface area (Å²) in [5.41, 5.74) is 0.483. The highest BCUT2D eigenvalue weighted by atomic mass is 35.5. The summed E-state index contributed by atoms with van der Waals surface area (Å²) in [5, 5.41) is 6.78. The van der Waals surface area contributed by atoms with Crippen LogP contribution in [0.1, 0.15) is 32.6 Å². The van der Waals surface area contributed by atoms with E-state index in [2.05, 4.69) is 15.6 Å². The number of aromatic nitrogens is 1. The first-order valence-electron chi connectivity index (χ1n) is 6.44. The average molecular weight is 302 g/mol. The Labute approximate surface area is 122 Å². The molecule has 0 unspecified atom stereocenters. The quantitative estimate of drug-likeness (QED) is 0.839. The molecule has 1 aliphatic rings. The maximum atomic E-state index is 12.0. The highest BCUT2D eigenvalue weighted by Crippen LogP contribution is 2.23. The normalized spacial score (nSPS) is 17.4. The number of anilines is 1. The third-order valence-electron chi connectivity index (χ3n) is 3.31. The summed E-state index contributed by atoms with van der Waals surface area (Å²) < 4.78 is 0. The van der Waals surface area contributed by atoms with Crippen LogP contribution in [-0.2, 0) is 4.79 Å². The van der Waals surface area contributed by atoms with E-state index in [4.69, 9.17) is 23.2 Å². The number of hydrogen-bond donors (Lipinski definition) is 2. The van der Waals surface area contributed by atoms with Gasteiger partial charge in [-0.05, 0) is 25.8 Å². The standard InChI is InChI=1S/C13H17Cl2N3O/c1-8(17-9-4-2-3-5-9)13(19)18-11-7-16-12(15)6-10(11)14/h6-9,17H,2-5H2,1H3,(H,18,19)/t8-/m1/s1. The minimum Gasteiger partial charge on any atom is -0.322 e. The SMILES string of the molecule is C[C@@H](NC1CCCC1)C(=O)Nc1cnc(Cl)cc1Cl. The van der Waals surface area contributed by atoms with Crippen LogP contribution in [0.4, 0.5) is 5.69 Å². The van der Waals surface area contributed by atoms with Gasteiger partial charge in [-0.3, -0.25) is 4.79 Å². The van der Waals surface area contributed by atoms with Crippen molar-refractivity contribution in [2.75, 3.05) is 5.32 Å². The maximum Gasteiger partial charge on any atom is 0.241 e. The van der Waals surface area contributed by atoms with Gasteiger partial charge in [0.2, 0.25) is 5.91 Å². The van der Waals surface area contributed by atoms with Crippen molar-refractivity contribution in [3.05, 3.63) is 22.4 Å². The predicted molar refractivity (Wildman–Crippen MR) is 77.7 cm³/mol. The minimum atomic E-state index is -0.255. The van der Waals surface area contributed by atoms with Crippen LogP contribution in [0.25, 0.3) is 0 Å². The summed E-state index contributed by atoms with van der Waals surface area (Å²) in [5.74, 6) is -0.113. The summed E-state index contributed by atoms with van der Waals surface area (Å²) in [4.78, 5) is 15.9. The summed E-state index contributed by atoms with van der Waals surface area (Å²) in [6, 6.07) is 1.70. The Morgan fingerprint density at radius 3 is 2.74 bits per heavy atom. The Morgan fingerprint density at radius 2 is 2.11 bits per heavy atom. The Bertz CT molecular complexity index is 461. The average Bonchev–Trinajstić information content (AvgIpc) is 2.85. The molecule has 1 aromatic rings. The van der Waals surface area contributed by atoms with Crippen LogP contribution in [0.2, 0.25) is 10.2 Å². The van der Waals surface area contributed by atoms with E-state index in [9.17, 15) is 4.79 Å². The number of pyridine rings is 1. The van der Waals surface area contributed by atoms with E-state index < -0.39 is 0 Å². The third kappa shape index (κ3) is 4.06. The van der Waals surface area contributed by atoms with Crippen LogP contribution in [0.15, 0.2) is 12.3 Å². The molecule has 0 saturated heterocycles. The molecule has 1 aliphatic carbocycles. The number of carbonyl (C=O) groups excluding carboxylic acids is 1. The molecule has 0 aromatic carbocycles. The highest BCUT2D eigenvalue weighted by molar-refractivity contribution is 6.36. The lowest BCUT2D eigenvalue weighted by atomic mass is 10.2. The molecule has 0 aliphatic heterocycles. The Balaban J connectivity index is 1.92. The van der Waals surface area contributed by atoms with Crippen molar-refractivity contribution in [2.45, 2.75) is 44.7 Å². The van der Waals surface area contributed by atoms with E-state index in [0.717, 1.165) is 12.8 Å². The zero-order valence-electron chi connectivity index (χ0n) is 10.7. The number of amides is 1. The molecular formula is C13H17Cl2N3O. The molecule has 0 spiro atoms. The van der Waals surface area contributed by atoms with E-state index in [0.29, 0.717) is 21.9 Å². The van der Waals surface area contributed by atoms with E-state index in [1.54, 1.807) is 0 Å². The van der Waals surface area contributed by atoms with Gasteiger partial charge in [-0.25, -0.2) is 4.98 Å². The van der Waals surface area contributed by atoms with Gasteiger partial charge in [0, 0.05) is 6.04 Å². The van der Waals surface area contributed by atoms with E-state index in [1.165, 1.54) is 25.1 Å². The fourth-order valence-electron chi connectivity index (χ4n) is 2.26. The fraction of sp³-hybridized carbons (Fsp3) is 0.538. The van der Waals surface area contributed by atoms with E-state index in [1.807, 2.05) is 6.92 Å². The van der Waals surface area contributed by atoms with E-state index in [-0.39, 0.29) is 11.9 Å². The Morgan fingerprint density at radius 1 is 1.42 bits per heavy atom. The van der Waals surface area contributed by atoms with Crippen molar-refractivity contribution in [1.29, 1.82) is 0 Å². The molecule has 1 amide bonds. The summed E-state index contributed by atoms with van der Waals surface area (Å²) in [7, 11) is 0. The van der Waals surface area contributed by atoms with Gasteiger partial charge in [0.05, 0.1) is 22.9 Å². The molecule has 19 heavy (non-hydrogen) atoms. The van der Waals surface area contributed by atoms with Crippen molar-refractivity contribution in [3.63, 3.8) is 0 Å². The van der Waals surface area contributed by atoms with Crippen LogP contribution >= 0.6 is 23.2 Å². The molecule has 1 aromatic heterocycles. The van der Waals surface area contributed by atoms with Crippen LogP contribution in [-0.4, -0.2) is 23.0 Å². The van der Waals surface area contributed by atoms with Gasteiger partial charge in [0.25, 0.3) is 0 Å². The number of nitrogens with one attached hydrogen (secondary N) is 2. The molecule has 2 N–H and O–H groups in total. The molecule has 1 fully saturated rings. The van der Waals surface area contributed by atoms with Gasteiger partial charge in [0.15, 0.2) is 0 Å². The second kappa shape index (κ2) is 6.55. The van der Waals surface area contributed by atoms with Crippen LogP contribution in [0, 0.1) is 0 Å². The highest BCUT2D eigenvalue weighted by Gasteiger charge is 2.21. The first kappa shape index (κ1) is 14.6. The van der Waals surface area contributed by atoms with Crippen LogP contribution < -0.4 is 10.6 Å². The molecule has 2 rings (SSSR count). The van der Waals surface area contributed by atoms with E-state index >= 15 is 0 Å². The summed E-state index contributed by atoms with van der Waals surface area (Å²) >= 11 is 11.7. The minimum absolute atomic E-state index is 0.113. The molecule has 1 atom stereocenters. The number of rotatable bonds is 4. The molecule has 6 heteroatoms. The zero-order chi connectivity index (χ0) is 13.8. The lowest BCUT2D eigenvalue weighted by Crippen LogP contribution is -2.42. The van der Waals surface area contributed by atoms with Gasteiger partial charge >= 0.3 is 0 Å². The zero-order valence-corrected chi connectivity index (χ0v) is 12.3. The van der Waals surface area contributed by atoms with Gasteiger partial charge < -0.3 is 10.6 Å². The number of nitrogens with zero attached hydrogens (tertiary/aromatic N) is 1. The Hall–Kier alpha value is -0.840. The molecule has 0 radical (unpaired) electrons. The molecule has 104 valence electrons. The predicted octanol–water partition coefficient (Wildman–Crippen LogP) is 3.25. The van der Waals surface area contributed by atoms with Gasteiger partial charge in [0.1, 0.15) is 5.15 Å². The van der Waals surface area contributed by atoms with Crippen molar-refractivity contribution in [2.24, 2.45) is 0 Å². The van der Waals surface area contributed by atoms with Crippen molar-refractivity contribution in [1.82, 2.24) is 10.3 Å². The van der Waals surface area contributed by atoms with Gasteiger partial charge in [-0.15, -0.1) is 0 Å². The van der Waals surface area contributed by atoms with Crippen molar-refractivity contribution >= 4 is 34.8 Å².